The summed E-state index contributed by atoms with van der Waals surface area (Å²) in [6.07, 6.45) is 0.428. The molecule has 0 fully saturated rings. The lowest BCUT2D eigenvalue weighted by molar-refractivity contribution is -0.146. The zero-order chi connectivity index (χ0) is 12.8. The number of carbonyl (C=O) groups is 1. The number of aliphatic hydroxyl groups excluding tert-OH is 1. The molecule has 0 amide bonds. The molecule has 1 N–H and O–H groups in total. The monoisotopic (exact) mass is 241 g/mol. The van der Waals surface area contributed by atoms with Gasteiger partial charge < -0.3 is 14.4 Å². The Morgan fingerprint density at radius 3 is 2.82 bits per heavy atom. The van der Waals surface area contributed by atoms with Crippen molar-refractivity contribution in [2.45, 2.75) is 33.1 Å². The molecule has 0 aliphatic heterocycles. The molecule has 5 heteroatoms. The van der Waals surface area contributed by atoms with Crippen molar-refractivity contribution < 1.29 is 19.2 Å². The van der Waals surface area contributed by atoms with E-state index in [0.29, 0.717) is 24.5 Å². The number of nitrogens with zero attached hydrogens (tertiary/aromatic N) is 1. The zero-order valence-corrected chi connectivity index (χ0v) is 10.5. The van der Waals surface area contributed by atoms with E-state index in [1.807, 2.05) is 13.8 Å². The summed E-state index contributed by atoms with van der Waals surface area (Å²) in [7, 11) is 0. The molecule has 96 valence electrons. The Kier molecular flexibility index (Phi) is 5.15. The maximum Gasteiger partial charge on any atom is 0.317 e. The lowest BCUT2D eigenvalue weighted by atomic mass is 9.93. The lowest BCUT2D eigenvalue weighted by Gasteiger charge is -2.15. The van der Waals surface area contributed by atoms with E-state index in [1.54, 1.807) is 13.0 Å². The summed E-state index contributed by atoms with van der Waals surface area (Å²) in [4.78, 5) is 11.8. The van der Waals surface area contributed by atoms with Crippen LogP contribution in [0.2, 0.25) is 0 Å². The van der Waals surface area contributed by atoms with Gasteiger partial charge in [0.05, 0.1) is 12.3 Å². The number of carbonyl (C=O) groups excluding carboxylic acids is 1. The third-order valence-electron chi connectivity index (χ3n) is 2.46. The van der Waals surface area contributed by atoms with Crippen LogP contribution >= 0.6 is 0 Å². The molecule has 1 unspecified atom stereocenters. The molecule has 0 radical (unpaired) electrons. The van der Waals surface area contributed by atoms with Crippen LogP contribution in [0.5, 0.6) is 0 Å². The normalized spacial score (nSPS) is 12.8. The molecule has 1 rings (SSSR count). The van der Waals surface area contributed by atoms with E-state index < -0.39 is 5.92 Å². The molecule has 0 saturated heterocycles. The first kappa shape index (κ1) is 13.7. The molecule has 5 nitrogen and oxygen atoms in total. The molecule has 0 spiro atoms. The molecular weight excluding hydrogens is 222 g/mol. The van der Waals surface area contributed by atoms with Gasteiger partial charge in [-0.2, -0.15) is 0 Å². The van der Waals surface area contributed by atoms with Crippen molar-refractivity contribution in [1.29, 1.82) is 0 Å². The van der Waals surface area contributed by atoms with Gasteiger partial charge in [-0.3, -0.25) is 4.79 Å². The number of hydrogen-bond donors (Lipinski definition) is 1. The summed E-state index contributed by atoms with van der Waals surface area (Å²) in [6.45, 7) is 5.98. The number of aromatic nitrogens is 1. The first-order valence-corrected chi connectivity index (χ1v) is 5.83. The molecule has 1 aromatic heterocycles. The second-order valence-corrected chi connectivity index (χ2v) is 4.17. The molecule has 0 saturated carbocycles. The molecule has 1 aromatic rings. The van der Waals surface area contributed by atoms with Gasteiger partial charge in [0.2, 0.25) is 0 Å². The number of aliphatic hydroxyl groups is 1. The fourth-order valence-electron chi connectivity index (χ4n) is 1.66. The zero-order valence-electron chi connectivity index (χ0n) is 10.5. The van der Waals surface area contributed by atoms with Crippen LogP contribution in [0.25, 0.3) is 0 Å². The largest absolute Gasteiger partial charge is 0.465 e. The van der Waals surface area contributed by atoms with Crippen molar-refractivity contribution in [3.63, 3.8) is 0 Å². The fourth-order valence-corrected chi connectivity index (χ4v) is 1.66. The van der Waals surface area contributed by atoms with E-state index in [1.165, 1.54) is 0 Å². The van der Waals surface area contributed by atoms with Crippen LogP contribution in [-0.2, 0) is 16.0 Å². The second-order valence-electron chi connectivity index (χ2n) is 4.17. The van der Waals surface area contributed by atoms with Gasteiger partial charge in [0.15, 0.2) is 5.76 Å². The maximum atomic E-state index is 11.8. The molecule has 1 atom stereocenters. The molecule has 17 heavy (non-hydrogen) atoms. The van der Waals surface area contributed by atoms with Gasteiger partial charge in [-0.1, -0.05) is 19.0 Å². The first-order valence-electron chi connectivity index (χ1n) is 5.83. The molecule has 0 aromatic carbocycles. The van der Waals surface area contributed by atoms with E-state index in [4.69, 9.17) is 14.4 Å². The van der Waals surface area contributed by atoms with Crippen molar-refractivity contribution in [3.05, 3.63) is 17.5 Å². The topological polar surface area (TPSA) is 72.6 Å². The predicted octanol–water partition coefficient (Wildman–Crippen LogP) is 1.51. The molecule has 0 aliphatic rings. The maximum absolute atomic E-state index is 11.8. The van der Waals surface area contributed by atoms with E-state index in [2.05, 4.69) is 5.16 Å². The molecule has 0 bridgehead atoms. The molecule has 0 aliphatic carbocycles. The van der Waals surface area contributed by atoms with Gasteiger partial charge in [0.1, 0.15) is 5.92 Å². The van der Waals surface area contributed by atoms with Crippen LogP contribution < -0.4 is 0 Å². The number of ether oxygens (including phenoxy) is 1. The van der Waals surface area contributed by atoms with E-state index >= 15 is 0 Å². The van der Waals surface area contributed by atoms with Crippen LogP contribution in [0.1, 0.15) is 38.1 Å². The average Bonchev–Trinajstić information content (AvgIpc) is 2.67. The van der Waals surface area contributed by atoms with Crippen molar-refractivity contribution in [1.82, 2.24) is 5.16 Å². The Morgan fingerprint density at radius 2 is 2.29 bits per heavy atom. The van der Waals surface area contributed by atoms with Gasteiger partial charge in [-0.05, 0) is 12.8 Å². The van der Waals surface area contributed by atoms with Gasteiger partial charge in [-0.25, -0.2) is 0 Å². The van der Waals surface area contributed by atoms with Crippen molar-refractivity contribution in [2.75, 3.05) is 13.2 Å². The number of hydrogen-bond acceptors (Lipinski definition) is 5. The van der Waals surface area contributed by atoms with E-state index in [9.17, 15) is 4.79 Å². The van der Waals surface area contributed by atoms with Gasteiger partial charge in [0.25, 0.3) is 0 Å². The Hall–Kier alpha value is -1.36. The van der Waals surface area contributed by atoms with E-state index in [-0.39, 0.29) is 18.5 Å². The summed E-state index contributed by atoms with van der Waals surface area (Å²) in [5.74, 6) is -0.157. The van der Waals surface area contributed by atoms with Crippen LogP contribution in [0.15, 0.2) is 10.6 Å². The summed E-state index contributed by atoms with van der Waals surface area (Å²) in [5.41, 5.74) is 0.650. The third-order valence-corrected chi connectivity index (χ3v) is 2.46. The van der Waals surface area contributed by atoms with E-state index in [0.717, 1.165) is 0 Å². The SMILES string of the molecule is CCOC(=O)C(c1cc(CCO)no1)C(C)C. The minimum Gasteiger partial charge on any atom is -0.465 e. The van der Waals surface area contributed by atoms with Crippen molar-refractivity contribution >= 4 is 5.97 Å². The molecule has 1 heterocycles. The lowest BCUT2D eigenvalue weighted by Crippen LogP contribution is -2.20. The van der Waals surface area contributed by atoms with Crippen molar-refractivity contribution in [2.24, 2.45) is 5.92 Å². The quantitative estimate of drug-likeness (QED) is 0.764. The van der Waals surface area contributed by atoms with Gasteiger partial charge in [-0.15, -0.1) is 0 Å². The van der Waals surface area contributed by atoms with Crippen LogP contribution in [0.4, 0.5) is 0 Å². The predicted molar refractivity (Wildman–Crippen MR) is 61.5 cm³/mol. The highest BCUT2D eigenvalue weighted by molar-refractivity contribution is 5.77. The summed E-state index contributed by atoms with van der Waals surface area (Å²) in [5, 5.41) is 12.6. The van der Waals surface area contributed by atoms with Crippen molar-refractivity contribution in [3.8, 4) is 0 Å². The Labute approximate surface area is 101 Å². The van der Waals surface area contributed by atoms with Gasteiger partial charge in [0, 0.05) is 19.1 Å². The summed E-state index contributed by atoms with van der Waals surface area (Å²) in [6, 6.07) is 1.71. The summed E-state index contributed by atoms with van der Waals surface area (Å²) < 4.78 is 10.2. The highest BCUT2D eigenvalue weighted by Crippen LogP contribution is 2.26. The average molecular weight is 241 g/mol. The van der Waals surface area contributed by atoms with Gasteiger partial charge >= 0.3 is 5.97 Å². The minimum atomic E-state index is -0.435. The minimum absolute atomic E-state index is 0.0116. The fraction of sp³-hybridized carbons (Fsp3) is 0.667. The van der Waals surface area contributed by atoms with Crippen LogP contribution in [-0.4, -0.2) is 29.4 Å². The second kappa shape index (κ2) is 6.39. The Balaban J connectivity index is 2.85. The van der Waals surface area contributed by atoms with Crippen LogP contribution in [0, 0.1) is 5.92 Å². The third kappa shape index (κ3) is 3.56. The summed E-state index contributed by atoms with van der Waals surface area (Å²) >= 11 is 0. The Morgan fingerprint density at radius 1 is 1.59 bits per heavy atom. The number of rotatable bonds is 6. The first-order chi connectivity index (χ1) is 8.10. The highest BCUT2D eigenvalue weighted by atomic mass is 16.5. The number of esters is 1. The highest BCUT2D eigenvalue weighted by Gasteiger charge is 2.29. The smallest absolute Gasteiger partial charge is 0.317 e. The standard InChI is InChI=1S/C12H19NO4/c1-4-16-12(15)11(8(2)3)10-7-9(5-6-14)13-17-10/h7-8,11,14H,4-6H2,1-3H3. The van der Waals surface area contributed by atoms with Crippen LogP contribution in [0.3, 0.4) is 0 Å². The Bertz CT molecular complexity index is 359. The molecular formula is C12H19NO4.